The van der Waals surface area contributed by atoms with Gasteiger partial charge in [-0.05, 0) is 37.8 Å². The van der Waals surface area contributed by atoms with Crippen LogP contribution in [0.2, 0.25) is 0 Å². The highest BCUT2D eigenvalue weighted by atomic mass is 16.7. The highest BCUT2D eigenvalue weighted by Gasteiger charge is 2.47. The summed E-state index contributed by atoms with van der Waals surface area (Å²) in [5.41, 5.74) is 0. The van der Waals surface area contributed by atoms with Crippen molar-refractivity contribution in [1.82, 2.24) is 0 Å². The molecule has 6 nitrogen and oxygen atoms in total. The van der Waals surface area contributed by atoms with E-state index < -0.39 is 11.9 Å². The Hall–Kier alpha value is -1.66. The molecular weight excluding hydrogens is 420 g/mol. The lowest BCUT2D eigenvalue weighted by atomic mass is 10.0. The standard InChI is InChI=1S/C27H46O6/c1-5-9-11-13-15-22-31-27(30-21-14-12-10-6-2)20-16-19-23(32-24(28)17-7-3)26(27)33-25(29)18-8-4/h16,19-20,26H,5-15,17-18,21-22H2,1-4H3. The Labute approximate surface area is 201 Å². The molecule has 1 rings (SSSR count). The van der Waals surface area contributed by atoms with Gasteiger partial charge in [0, 0.05) is 12.8 Å². The van der Waals surface area contributed by atoms with Gasteiger partial charge in [-0.25, -0.2) is 0 Å². The first kappa shape index (κ1) is 29.4. The van der Waals surface area contributed by atoms with Crippen molar-refractivity contribution in [1.29, 1.82) is 0 Å². The molecule has 0 saturated carbocycles. The van der Waals surface area contributed by atoms with Gasteiger partial charge in [0.2, 0.25) is 11.9 Å². The molecule has 0 amide bonds. The van der Waals surface area contributed by atoms with Crippen molar-refractivity contribution < 1.29 is 28.5 Å². The summed E-state index contributed by atoms with van der Waals surface area (Å²) in [7, 11) is 0. The van der Waals surface area contributed by atoms with Gasteiger partial charge < -0.3 is 18.9 Å². The third kappa shape index (κ3) is 11.3. The molecule has 0 aromatic heterocycles. The Kier molecular flexibility index (Phi) is 15.8. The van der Waals surface area contributed by atoms with Crippen LogP contribution in [-0.4, -0.2) is 37.0 Å². The van der Waals surface area contributed by atoms with Crippen molar-refractivity contribution in [3.63, 3.8) is 0 Å². The molecule has 2 atom stereocenters. The molecule has 0 heterocycles. The zero-order chi connectivity index (χ0) is 24.4. The van der Waals surface area contributed by atoms with E-state index in [1.54, 1.807) is 18.2 Å². The fourth-order valence-electron chi connectivity index (χ4n) is 3.65. The quantitative estimate of drug-likeness (QED) is 0.119. The Bertz CT molecular complexity index is 612. The largest absolute Gasteiger partial charge is 0.448 e. The van der Waals surface area contributed by atoms with Gasteiger partial charge in [-0.2, -0.15) is 0 Å². The Morgan fingerprint density at radius 1 is 0.758 bits per heavy atom. The van der Waals surface area contributed by atoms with Crippen LogP contribution in [-0.2, 0) is 28.5 Å². The van der Waals surface area contributed by atoms with Crippen molar-refractivity contribution in [3.8, 4) is 0 Å². The Morgan fingerprint density at radius 2 is 1.30 bits per heavy atom. The summed E-state index contributed by atoms with van der Waals surface area (Å²) < 4.78 is 24.0. The molecule has 6 heteroatoms. The number of unbranched alkanes of at least 4 members (excludes halogenated alkanes) is 7. The van der Waals surface area contributed by atoms with Crippen LogP contribution in [0.5, 0.6) is 0 Å². The van der Waals surface area contributed by atoms with Crippen molar-refractivity contribution >= 4 is 11.9 Å². The summed E-state index contributed by atoms with van der Waals surface area (Å²) >= 11 is 0. The van der Waals surface area contributed by atoms with Crippen LogP contribution < -0.4 is 0 Å². The van der Waals surface area contributed by atoms with Crippen LogP contribution in [0.3, 0.4) is 0 Å². The topological polar surface area (TPSA) is 71.1 Å². The van der Waals surface area contributed by atoms with Crippen molar-refractivity contribution in [3.05, 3.63) is 24.0 Å². The maximum Gasteiger partial charge on any atom is 0.310 e. The van der Waals surface area contributed by atoms with E-state index in [4.69, 9.17) is 18.9 Å². The van der Waals surface area contributed by atoms with Gasteiger partial charge in [0.1, 0.15) is 0 Å². The van der Waals surface area contributed by atoms with Gasteiger partial charge in [-0.3, -0.25) is 9.59 Å². The summed E-state index contributed by atoms with van der Waals surface area (Å²) in [5, 5.41) is 0. The van der Waals surface area contributed by atoms with E-state index in [2.05, 4.69) is 13.8 Å². The monoisotopic (exact) mass is 466 g/mol. The average Bonchev–Trinajstić information content (AvgIpc) is 2.78. The molecule has 33 heavy (non-hydrogen) atoms. The number of esters is 2. The number of carbonyl (C=O) groups is 2. The third-order valence-electron chi connectivity index (χ3n) is 5.50. The average molecular weight is 467 g/mol. The first-order chi connectivity index (χ1) is 16.0. The molecule has 0 aromatic carbocycles. The minimum atomic E-state index is -1.29. The van der Waals surface area contributed by atoms with E-state index in [-0.39, 0.29) is 24.1 Å². The minimum absolute atomic E-state index is 0.264. The zero-order valence-corrected chi connectivity index (χ0v) is 21.4. The summed E-state index contributed by atoms with van der Waals surface area (Å²) in [4.78, 5) is 24.8. The summed E-state index contributed by atoms with van der Waals surface area (Å²) in [6.07, 6.45) is 15.9. The predicted molar refractivity (Wildman–Crippen MR) is 131 cm³/mol. The van der Waals surface area contributed by atoms with E-state index in [1.807, 2.05) is 13.8 Å². The van der Waals surface area contributed by atoms with Gasteiger partial charge in [0.15, 0.2) is 5.76 Å². The van der Waals surface area contributed by atoms with Crippen LogP contribution in [0.25, 0.3) is 0 Å². The highest BCUT2D eigenvalue weighted by Crippen LogP contribution is 2.34. The fraction of sp³-hybridized carbons (Fsp3) is 0.778. The Balaban J connectivity index is 3.04. The first-order valence-corrected chi connectivity index (χ1v) is 13.1. The van der Waals surface area contributed by atoms with Gasteiger partial charge in [0.25, 0.3) is 0 Å². The molecule has 0 fully saturated rings. The summed E-state index contributed by atoms with van der Waals surface area (Å²) in [6.45, 7) is 9.14. The normalized spacial score (nSPS) is 19.9. The molecule has 190 valence electrons. The Morgan fingerprint density at radius 3 is 1.88 bits per heavy atom. The van der Waals surface area contributed by atoms with Gasteiger partial charge >= 0.3 is 11.9 Å². The second-order valence-electron chi connectivity index (χ2n) is 8.67. The second kappa shape index (κ2) is 17.8. The number of hydrogen-bond donors (Lipinski definition) is 0. The summed E-state index contributed by atoms with van der Waals surface area (Å²) in [6, 6.07) is 0. The van der Waals surface area contributed by atoms with E-state index in [9.17, 15) is 9.59 Å². The molecule has 1 aliphatic carbocycles. The molecule has 2 unspecified atom stereocenters. The van der Waals surface area contributed by atoms with E-state index in [0.717, 1.165) is 44.9 Å². The lowest BCUT2D eigenvalue weighted by Crippen LogP contribution is -2.51. The number of rotatable bonds is 19. The number of ether oxygens (including phenoxy) is 4. The van der Waals surface area contributed by atoms with Gasteiger partial charge in [0.05, 0.1) is 13.2 Å². The first-order valence-electron chi connectivity index (χ1n) is 13.1. The van der Waals surface area contributed by atoms with Crippen LogP contribution in [0.15, 0.2) is 24.0 Å². The number of hydrogen-bond acceptors (Lipinski definition) is 6. The lowest BCUT2D eigenvalue weighted by molar-refractivity contribution is -0.258. The summed E-state index contributed by atoms with van der Waals surface area (Å²) in [5.74, 6) is -1.75. The van der Waals surface area contributed by atoms with Crippen molar-refractivity contribution in [2.24, 2.45) is 0 Å². The predicted octanol–water partition coefficient (Wildman–Crippen LogP) is 6.78. The van der Waals surface area contributed by atoms with E-state index in [1.165, 1.54) is 12.8 Å². The molecule has 0 saturated heterocycles. The molecule has 0 aliphatic heterocycles. The number of carbonyl (C=O) groups excluding carboxylic acids is 2. The lowest BCUT2D eigenvalue weighted by Gasteiger charge is -2.39. The van der Waals surface area contributed by atoms with Crippen LogP contribution >= 0.6 is 0 Å². The highest BCUT2D eigenvalue weighted by molar-refractivity contribution is 5.72. The maximum atomic E-state index is 12.5. The maximum absolute atomic E-state index is 12.5. The van der Waals surface area contributed by atoms with Crippen LogP contribution in [0.4, 0.5) is 0 Å². The molecule has 0 radical (unpaired) electrons. The van der Waals surface area contributed by atoms with E-state index >= 15 is 0 Å². The van der Waals surface area contributed by atoms with Gasteiger partial charge in [-0.15, -0.1) is 0 Å². The molecule has 0 aromatic rings. The second-order valence-corrected chi connectivity index (χ2v) is 8.67. The SMILES string of the molecule is CCCCCCCOC1(OCCCCCC)C=CC=C(OC(=O)CCC)C1OC(=O)CCC. The zero-order valence-electron chi connectivity index (χ0n) is 21.4. The molecule has 1 aliphatic rings. The van der Waals surface area contributed by atoms with Gasteiger partial charge in [-0.1, -0.05) is 78.7 Å². The molecule has 0 N–H and O–H groups in total. The third-order valence-corrected chi connectivity index (χ3v) is 5.50. The van der Waals surface area contributed by atoms with Crippen LogP contribution in [0, 0.1) is 0 Å². The molecule has 0 bridgehead atoms. The number of allylic oxidation sites excluding steroid dienone is 2. The smallest absolute Gasteiger partial charge is 0.310 e. The molecule has 0 spiro atoms. The molecular formula is C27H46O6. The fourth-order valence-corrected chi connectivity index (χ4v) is 3.65. The van der Waals surface area contributed by atoms with E-state index in [0.29, 0.717) is 32.5 Å². The van der Waals surface area contributed by atoms with Crippen LogP contribution in [0.1, 0.15) is 111 Å². The van der Waals surface area contributed by atoms with Crippen molar-refractivity contribution in [2.75, 3.05) is 13.2 Å². The minimum Gasteiger partial charge on any atom is -0.448 e. The van der Waals surface area contributed by atoms with Crippen molar-refractivity contribution in [2.45, 2.75) is 123 Å².